The van der Waals surface area contributed by atoms with Gasteiger partial charge in [-0.15, -0.1) is 0 Å². The van der Waals surface area contributed by atoms with Gasteiger partial charge in [-0.25, -0.2) is 9.98 Å². The Morgan fingerprint density at radius 1 is 1.22 bits per heavy atom. The van der Waals surface area contributed by atoms with Crippen LogP contribution in [0.4, 0.5) is 0 Å². The molecule has 0 aliphatic rings. The second kappa shape index (κ2) is 11.4. The van der Waals surface area contributed by atoms with Gasteiger partial charge in [-0.05, 0) is 38.3 Å². The molecule has 6 nitrogen and oxygen atoms in total. The number of hydrogen-bond donors (Lipinski definition) is 2. The van der Waals surface area contributed by atoms with Gasteiger partial charge in [-0.2, -0.15) is 0 Å². The lowest BCUT2D eigenvalue weighted by Crippen LogP contribution is -2.38. The molecule has 6 heteroatoms. The van der Waals surface area contributed by atoms with Crippen molar-refractivity contribution in [2.45, 2.75) is 40.7 Å². The molecular formula is C21H32N4O2. The van der Waals surface area contributed by atoms with E-state index in [9.17, 15) is 0 Å². The molecular weight excluding hydrogens is 340 g/mol. The highest BCUT2D eigenvalue weighted by molar-refractivity contribution is 5.79. The van der Waals surface area contributed by atoms with Crippen molar-refractivity contribution in [2.75, 3.05) is 26.3 Å². The molecule has 1 aromatic carbocycles. The lowest BCUT2D eigenvalue weighted by molar-refractivity contribution is 0.108. The van der Waals surface area contributed by atoms with Crippen LogP contribution in [-0.4, -0.2) is 37.2 Å². The Labute approximate surface area is 162 Å². The van der Waals surface area contributed by atoms with E-state index >= 15 is 0 Å². The second-order valence-electron chi connectivity index (χ2n) is 6.95. The van der Waals surface area contributed by atoms with E-state index in [1.807, 2.05) is 12.1 Å². The van der Waals surface area contributed by atoms with Crippen molar-refractivity contribution >= 4 is 5.96 Å². The molecule has 0 fully saturated rings. The number of aromatic nitrogens is 1. The van der Waals surface area contributed by atoms with E-state index in [0.717, 1.165) is 49.9 Å². The Kier molecular flexibility index (Phi) is 8.84. The second-order valence-corrected chi connectivity index (χ2v) is 6.95. The van der Waals surface area contributed by atoms with Crippen molar-refractivity contribution < 1.29 is 9.15 Å². The summed E-state index contributed by atoms with van der Waals surface area (Å²) in [4.78, 5) is 9.11. The topological polar surface area (TPSA) is 71.7 Å². The maximum absolute atomic E-state index is 5.60. The first-order valence-electron chi connectivity index (χ1n) is 9.69. The van der Waals surface area contributed by atoms with Gasteiger partial charge in [-0.1, -0.05) is 31.5 Å². The number of aryl methyl sites for hydroxylation is 1. The number of oxazole rings is 1. The number of aliphatic imine (C=N–C) groups is 1. The van der Waals surface area contributed by atoms with Gasteiger partial charge >= 0.3 is 0 Å². The maximum Gasteiger partial charge on any atom is 0.226 e. The molecule has 0 aliphatic heterocycles. The molecule has 0 saturated carbocycles. The first kappa shape index (κ1) is 21.0. The molecule has 148 valence electrons. The number of ether oxygens (including phenoxy) is 1. The Morgan fingerprint density at radius 2 is 2.00 bits per heavy atom. The molecule has 0 radical (unpaired) electrons. The van der Waals surface area contributed by atoms with Crippen LogP contribution in [-0.2, 0) is 11.3 Å². The van der Waals surface area contributed by atoms with Gasteiger partial charge in [0.25, 0.3) is 0 Å². The van der Waals surface area contributed by atoms with Gasteiger partial charge in [0.1, 0.15) is 12.0 Å². The average Bonchev–Trinajstić information content (AvgIpc) is 3.11. The van der Waals surface area contributed by atoms with Crippen molar-refractivity contribution in [3.63, 3.8) is 0 Å². The molecule has 0 bridgehead atoms. The number of guanidine groups is 1. The minimum Gasteiger partial charge on any atom is -0.444 e. The Morgan fingerprint density at radius 3 is 2.70 bits per heavy atom. The van der Waals surface area contributed by atoms with Crippen molar-refractivity contribution in [3.05, 3.63) is 41.8 Å². The van der Waals surface area contributed by atoms with Crippen molar-refractivity contribution in [1.29, 1.82) is 0 Å². The van der Waals surface area contributed by atoms with E-state index in [2.05, 4.69) is 60.4 Å². The largest absolute Gasteiger partial charge is 0.444 e. The molecule has 0 unspecified atom stereocenters. The molecule has 0 spiro atoms. The monoisotopic (exact) mass is 372 g/mol. The minimum absolute atomic E-state index is 0.467. The van der Waals surface area contributed by atoms with Crippen LogP contribution >= 0.6 is 0 Å². The number of hydrogen-bond acceptors (Lipinski definition) is 4. The molecule has 1 heterocycles. The Hall–Kier alpha value is -2.34. The fourth-order valence-corrected chi connectivity index (χ4v) is 2.41. The Bertz CT molecular complexity index is 692. The summed E-state index contributed by atoms with van der Waals surface area (Å²) in [5.41, 5.74) is 3.00. The van der Waals surface area contributed by atoms with E-state index < -0.39 is 0 Å². The van der Waals surface area contributed by atoms with Gasteiger partial charge in [0.15, 0.2) is 5.96 Å². The molecule has 0 atom stereocenters. The zero-order chi connectivity index (χ0) is 19.5. The highest BCUT2D eigenvalue weighted by atomic mass is 16.5. The quantitative estimate of drug-likeness (QED) is 0.377. The number of nitrogens with zero attached hydrogens (tertiary/aromatic N) is 2. The van der Waals surface area contributed by atoms with Crippen molar-refractivity contribution in [1.82, 2.24) is 15.6 Å². The molecule has 2 aromatic rings. The lowest BCUT2D eigenvalue weighted by Gasteiger charge is -2.11. The first-order valence-corrected chi connectivity index (χ1v) is 9.69. The summed E-state index contributed by atoms with van der Waals surface area (Å²) in [7, 11) is 0. The summed E-state index contributed by atoms with van der Waals surface area (Å²) in [5.74, 6) is 1.98. The van der Waals surface area contributed by atoms with Crippen LogP contribution < -0.4 is 10.6 Å². The van der Waals surface area contributed by atoms with E-state index in [0.29, 0.717) is 18.4 Å². The summed E-state index contributed by atoms with van der Waals surface area (Å²) < 4.78 is 11.2. The molecule has 0 amide bonds. The van der Waals surface area contributed by atoms with E-state index in [1.54, 1.807) is 6.26 Å². The fourth-order valence-electron chi connectivity index (χ4n) is 2.41. The zero-order valence-electron chi connectivity index (χ0n) is 16.9. The zero-order valence-corrected chi connectivity index (χ0v) is 16.9. The third-order valence-electron chi connectivity index (χ3n) is 3.80. The third kappa shape index (κ3) is 7.83. The van der Waals surface area contributed by atoms with Crippen LogP contribution in [0.1, 0.15) is 38.4 Å². The molecule has 2 N–H and O–H groups in total. The number of benzene rings is 1. The summed E-state index contributed by atoms with van der Waals surface area (Å²) >= 11 is 0. The molecule has 0 aliphatic carbocycles. The fraction of sp³-hybridized carbons (Fsp3) is 0.524. The van der Waals surface area contributed by atoms with Gasteiger partial charge < -0.3 is 19.8 Å². The maximum atomic E-state index is 5.60. The van der Waals surface area contributed by atoms with E-state index in [-0.39, 0.29) is 0 Å². The predicted octanol–water partition coefficient (Wildman–Crippen LogP) is 3.77. The van der Waals surface area contributed by atoms with Crippen LogP contribution in [0.3, 0.4) is 0 Å². The van der Waals surface area contributed by atoms with Crippen LogP contribution in [0, 0.1) is 12.8 Å². The van der Waals surface area contributed by atoms with Crippen molar-refractivity contribution in [3.8, 4) is 11.5 Å². The smallest absolute Gasteiger partial charge is 0.226 e. The van der Waals surface area contributed by atoms with Crippen LogP contribution in [0.5, 0.6) is 0 Å². The molecule has 2 rings (SSSR count). The van der Waals surface area contributed by atoms with Gasteiger partial charge in [0.2, 0.25) is 5.89 Å². The van der Waals surface area contributed by atoms with Gasteiger partial charge in [0, 0.05) is 31.9 Å². The van der Waals surface area contributed by atoms with E-state index in [4.69, 9.17) is 9.15 Å². The average molecular weight is 373 g/mol. The molecule has 1 aromatic heterocycles. The van der Waals surface area contributed by atoms with Gasteiger partial charge in [-0.3, -0.25) is 0 Å². The summed E-state index contributed by atoms with van der Waals surface area (Å²) in [6, 6.07) is 8.13. The SMILES string of the molecule is CCNC(=NCc1coc(-c2ccc(C)cc2)n1)NCCCOCC(C)C. The lowest BCUT2D eigenvalue weighted by atomic mass is 10.1. The first-order chi connectivity index (χ1) is 13.1. The highest BCUT2D eigenvalue weighted by Crippen LogP contribution is 2.19. The van der Waals surface area contributed by atoms with Crippen LogP contribution in [0.15, 0.2) is 39.9 Å². The summed E-state index contributed by atoms with van der Waals surface area (Å²) in [5, 5.41) is 6.57. The van der Waals surface area contributed by atoms with Crippen LogP contribution in [0.2, 0.25) is 0 Å². The third-order valence-corrected chi connectivity index (χ3v) is 3.80. The minimum atomic E-state index is 0.467. The number of nitrogens with one attached hydrogen (secondary N) is 2. The van der Waals surface area contributed by atoms with Crippen LogP contribution in [0.25, 0.3) is 11.5 Å². The molecule has 27 heavy (non-hydrogen) atoms. The Balaban J connectivity index is 1.82. The number of rotatable bonds is 10. The summed E-state index contributed by atoms with van der Waals surface area (Å²) in [6.45, 7) is 12.1. The van der Waals surface area contributed by atoms with E-state index in [1.165, 1.54) is 5.56 Å². The highest BCUT2D eigenvalue weighted by Gasteiger charge is 2.06. The normalized spacial score (nSPS) is 11.8. The van der Waals surface area contributed by atoms with Gasteiger partial charge in [0.05, 0.1) is 6.54 Å². The standard InChI is InChI=1S/C21H32N4O2/c1-5-22-21(23-11-6-12-26-14-16(2)3)24-13-19-15-27-20(25-19)18-9-7-17(4)8-10-18/h7-10,15-16H,5-6,11-14H2,1-4H3,(H2,22,23,24). The predicted molar refractivity (Wildman–Crippen MR) is 110 cm³/mol. The summed E-state index contributed by atoms with van der Waals surface area (Å²) in [6.07, 6.45) is 2.61. The molecule has 0 saturated heterocycles. The van der Waals surface area contributed by atoms with Crippen molar-refractivity contribution in [2.24, 2.45) is 10.9 Å².